The van der Waals surface area contributed by atoms with Gasteiger partial charge in [-0.05, 0) is 36.8 Å². The Morgan fingerprint density at radius 1 is 0.941 bits per heavy atom. The summed E-state index contributed by atoms with van der Waals surface area (Å²) < 4.78 is 9.41. The summed E-state index contributed by atoms with van der Waals surface area (Å²) in [7, 11) is 2.66. The molecule has 1 aliphatic carbocycles. The van der Waals surface area contributed by atoms with Crippen molar-refractivity contribution in [1.82, 2.24) is 4.98 Å². The summed E-state index contributed by atoms with van der Waals surface area (Å²) in [5, 5.41) is 0. The normalized spacial score (nSPS) is 14.0. The molecule has 0 fully saturated rings. The summed E-state index contributed by atoms with van der Waals surface area (Å²) in [4.78, 5) is 26.1. The zero-order valence-electron chi connectivity index (χ0n) is 9.96. The number of carbonyl (C=O) groups excluding carboxylic acids is 2. The Kier molecular flexibility index (Phi) is 3.17. The van der Waals surface area contributed by atoms with Gasteiger partial charge in [-0.2, -0.15) is 0 Å². The fraction of sp³-hybridized carbons (Fsp3) is 0.500. The molecule has 0 saturated carbocycles. The molecular formula is C12H15NO4. The lowest BCUT2D eigenvalue weighted by molar-refractivity contribution is 0.0589. The molecule has 0 spiro atoms. The molecule has 1 aliphatic rings. The monoisotopic (exact) mass is 237 g/mol. The quantitative estimate of drug-likeness (QED) is 0.791. The Bertz CT molecular complexity index is 421. The van der Waals surface area contributed by atoms with E-state index in [0.717, 1.165) is 36.8 Å². The van der Waals surface area contributed by atoms with Gasteiger partial charge in [-0.15, -0.1) is 0 Å². The number of H-pyrrole nitrogens is 1. The Balaban J connectivity index is 2.51. The van der Waals surface area contributed by atoms with Crippen LogP contribution in [0, 0.1) is 0 Å². The molecule has 1 heterocycles. The van der Waals surface area contributed by atoms with Gasteiger partial charge in [0.2, 0.25) is 0 Å². The van der Waals surface area contributed by atoms with E-state index < -0.39 is 11.9 Å². The van der Waals surface area contributed by atoms with E-state index in [9.17, 15) is 9.59 Å². The lowest BCUT2D eigenvalue weighted by atomic mass is 9.92. The maximum atomic E-state index is 11.6. The molecule has 17 heavy (non-hydrogen) atoms. The van der Waals surface area contributed by atoms with E-state index in [-0.39, 0.29) is 0 Å². The molecule has 92 valence electrons. The van der Waals surface area contributed by atoms with Gasteiger partial charge in [0, 0.05) is 0 Å². The number of fused-ring (bicyclic) bond motifs is 1. The van der Waals surface area contributed by atoms with Crippen molar-refractivity contribution >= 4 is 11.9 Å². The molecule has 1 N–H and O–H groups in total. The third kappa shape index (κ3) is 1.92. The fourth-order valence-electron chi connectivity index (χ4n) is 2.29. The smallest absolute Gasteiger partial charge is 0.354 e. The van der Waals surface area contributed by atoms with Crippen LogP contribution in [-0.4, -0.2) is 31.1 Å². The van der Waals surface area contributed by atoms with Crippen molar-refractivity contribution in [1.29, 1.82) is 0 Å². The number of nitrogens with one attached hydrogen (secondary N) is 1. The summed E-state index contributed by atoms with van der Waals surface area (Å²) in [5.41, 5.74) is 2.59. The number of carbonyl (C=O) groups is 2. The summed E-state index contributed by atoms with van der Waals surface area (Å²) >= 11 is 0. The van der Waals surface area contributed by atoms with E-state index in [0.29, 0.717) is 11.4 Å². The second-order valence-electron chi connectivity index (χ2n) is 4.02. The summed E-state index contributed by atoms with van der Waals surface area (Å²) in [6.07, 6.45) is 3.64. The molecule has 5 nitrogen and oxygen atoms in total. The average Bonchev–Trinajstić information content (AvgIpc) is 2.76. The molecule has 1 aromatic rings. The first kappa shape index (κ1) is 11.7. The van der Waals surface area contributed by atoms with Crippen LogP contribution in [-0.2, 0) is 22.3 Å². The van der Waals surface area contributed by atoms with Crippen LogP contribution in [0.3, 0.4) is 0 Å². The number of aromatic nitrogens is 1. The van der Waals surface area contributed by atoms with E-state index in [4.69, 9.17) is 9.47 Å². The van der Waals surface area contributed by atoms with E-state index in [1.165, 1.54) is 14.2 Å². The number of esters is 2. The van der Waals surface area contributed by atoms with Gasteiger partial charge in [-0.3, -0.25) is 0 Å². The largest absolute Gasteiger partial charge is 0.464 e. The molecule has 0 saturated heterocycles. The highest BCUT2D eigenvalue weighted by atomic mass is 16.5. The number of methoxy groups -OCH3 is 2. The highest BCUT2D eigenvalue weighted by molar-refractivity contribution is 5.96. The van der Waals surface area contributed by atoms with Crippen molar-refractivity contribution in [3.05, 3.63) is 22.5 Å². The average molecular weight is 237 g/mol. The van der Waals surface area contributed by atoms with Crippen molar-refractivity contribution < 1.29 is 19.1 Å². The molecule has 5 heteroatoms. The Morgan fingerprint density at radius 3 is 1.71 bits per heavy atom. The topological polar surface area (TPSA) is 68.4 Å². The predicted molar refractivity (Wildman–Crippen MR) is 60.1 cm³/mol. The van der Waals surface area contributed by atoms with Crippen molar-refractivity contribution in [3.63, 3.8) is 0 Å². The first-order valence-corrected chi connectivity index (χ1v) is 5.59. The van der Waals surface area contributed by atoms with Gasteiger partial charge in [0.15, 0.2) is 0 Å². The lowest BCUT2D eigenvalue weighted by Crippen LogP contribution is -2.09. The van der Waals surface area contributed by atoms with Crippen LogP contribution in [0.2, 0.25) is 0 Å². The zero-order valence-corrected chi connectivity index (χ0v) is 9.96. The van der Waals surface area contributed by atoms with Gasteiger partial charge in [0.25, 0.3) is 0 Å². The molecule has 1 aromatic heterocycles. The highest BCUT2D eigenvalue weighted by Gasteiger charge is 2.27. The first-order valence-electron chi connectivity index (χ1n) is 5.59. The standard InChI is InChI=1S/C12H15NO4/c1-16-11(14)9-7-5-3-4-6-8(7)10(13-9)12(15)17-2/h13H,3-6H2,1-2H3. The van der Waals surface area contributed by atoms with E-state index in [2.05, 4.69) is 4.98 Å². The molecule has 2 rings (SSSR count). The predicted octanol–water partition coefficient (Wildman–Crippen LogP) is 1.47. The third-order valence-electron chi connectivity index (χ3n) is 3.10. The van der Waals surface area contributed by atoms with E-state index in [1.807, 2.05) is 0 Å². The molecule has 0 radical (unpaired) electrons. The second-order valence-corrected chi connectivity index (χ2v) is 4.02. The molecule has 0 amide bonds. The van der Waals surface area contributed by atoms with Gasteiger partial charge in [0.05, 0.1) is 14.2 Å². The van der Waals surface area contributed by atoms with Crippen molar-refractivity contribution in [3.8, 4) is 0 Å². The first-order chi connectivity index (χ1) is 8.19. The SMILES string of the molecule is COC(=O)c1[nH]c(C(=O)OC)c2c1CCCC2. The van der Waals surface area contributed by atoms with Crippen molar-refractivity contribution in [2.24, 2.45) is 0 Å². The third-order valence-corrected chi connectivity index (χ3v) is 3.10. The van der Waals surface area contributed by atoms with Gasteiger partial charge in [-0.25, -0.2) is 9.59 Å². The number of aromatic amines is 1. The van der Waals surface area contributed by atoms with Crippen LogP contribution in [0.1, 0.15) is 44.9 Å². The minimum atomic E-state index is -0.432. The van der Waals surface area contributed by atoms with Crippen LogP contribution in [0.25, 0.3) is 0 Å². The van der Waals surface area contributed by atoms with Crippen LogP contribution < -0.4 is 0 Å². The van der Waals surface area contributed by atoms with Crippen LogP contribution in [0.15, 0.2) is 0 Å². The molecule has 0 bridgehead atoms. The minimum Gasteiger partial charge on any atom is -0.464 e. The van der Waals surface area contributed by atoms with Gasteiger partial charge in [0.1, 0.15) is 11.4 Å². The van der Waals surface area contributed by atoms with Gasteiger partial charge in [-0.1, -0.05) is 0 Å². The minimum absolute atomic E-state index is 0.391. The molecule has 0 aromatic carbocycles. The number of rotatable bonds is 2. The van der Waals surface area contributed by atoms with Crippen LogP contribution >= 0.6 is 0 Å². The maximum Gasteiger partial charge on any atom is 0.354 e. The summed E-state index contributed by atoms with van der Waals surface area (Å²) in [5.74, 6) is -0.864. The van der Waals surface area contributed by atoms with Crippen LogP contribution in [0.5, 0.6) is 0 Å². The number of hydrogen-bond acceptors (Lipinski definition) is 4. The molecule has 0 atom stereocenters. The zero-order chi connectivity index (χ0) is 12.4. The molecule has 0 aliphatic heterocycles. The second kappa shape index (κ2) is 4.61. The Labute approximate surface area is 99.1 Å². The summed E-state index contributed by atoms with van der Waals surface area (Å²) in [6, 6.07) is 0. The number of hydrogen-bond donors (Lipinski definition) is 1. The van der Waals surface area contributed by atoms with Gasteiger partial charge < -0.3 is 14.5 Å². The Morgan fingerprint density at radius 2 is 1.35 bits per heavy atom. The van der Waals surface area contributed by atoms with Crippen LogP contribution in [0.4, 0.5) is 0 Å². The highest BCUT2D eigenvalue weighted by Crippen LogP contribution is 2.28. The van der Waals surface area contributed by atoms with Gasteiger partial charge >= 0.3 is 11.9 Å². The van der Waals surface area contributed by atoms with E-state index >= 15 is 0 Å². The fourth-order valence-corrected chi connectivity index (χ4v) is 2.29. The molecular weight excluding hydrogens is 222 g/mol. The summed E-state index contributed by atoms with van der Waals surface area (Å²) in [6.45, 7) is 0. The van der Waals surface area contributed by atoms with E-state index in [1.54, 1.807) is 0 Å². The lowest BCUT2D eigenvalue weighted by Gasteiger charge is -2.12. The maximum absolute atomic E-state index is 11.6. The van der Waals surface area contributed by atoms with Crippen molar-refractivity contribution in [2.45, 2.75) is 25.7 Å². The van der Waals surface area contributed by atoms with Crippen molar-refractivity contribution in [2.75, 3.05) is 14.2 Å². The molecule has 0 unspecified atom stereocenters. The Hall–Kier alpha value is -1.78. The number of ether oxygens (including phenoxy) is 2.